The normalized spacial score (nSPS) is 20.7. The van der Waals surface area contributed by atoms with Crippen molar-refractivity contribution >= 4 is 11.6 Å². The Morgan fingerprint density at radius 2 is 2.40 bits per heavy atom. The molecule has 0 radical (unpaired) electrons. The largest absolute Gasteiger partial charge is 0.381 e. The number of hydrogen-bond acceptors (Lipinski definition) is 3. The zero-order valence-electron chi connectivity index (χ0n) is 8.03. The summed E-state index contributed by atoms with van der Waals surface area (Å²) in [5, 5.41) is 0.0731. The Kier molecular flexibility index (Phi) is 2.93. The summed E-state index contributed by atoms with van der Waals surface area (Å²) in [6.45, 7) is 1.70. The van der Waals surface area contributed by atoms with E-state index in [2.05, 4.69) is 4.98 Å². The van der Waals surface area contributed by atoms with Crippen LogP contribution in [-0.4, -0.2) is 22.8 Å². The van der Waals surface area contributed by atoms with E-state index in [1.54, 1.807) is 0 Å². The van der Waals surface area contributed by atoms with E-state index in [0.717, 1.165) is 11.0 Å². The summed E-state index contributed by atoms with van der Waals surface area (Å²) in [6.07, 6.45) is 0.883. The van der Waals surface area contributed by atoms with Crippen LogP contribution in [-0.2, 0) is 11.3 Å². The molecule has 1 N–H and O–H groups in total. The highest BCUT2D eigenvalue weighted by molar-refractivity contribution is 6.29. The fraction of sp³-hybridized carbons (Fsp3) is 0.556. The van der Waals surface area contributed by atoms with Crippen LogP contribution in [0, 0.1) is 5.92 Å². The molecule has 1 aliphatic heterocycles. The number of aromatic nitrogens is 2. The van der Waals surface area contributed by atoms with E-state index >= 15 is 0 Å². The number of aromatic amines is 1. The molecule has 1 atom stereocenters. The molecule has 6 heteroatoms. The summed E-state index contributed by atoms with van der Waals surface area (Å²) < 4.78 is 6.34. The lowest BCUT2D eigenvalue weighted by molar-refractivity contribution is 0.182. The Hall–Kier alpha value is -1.07. The second kappa shape index (κ2) is 4.20. The zero-order valence-corrected chi connectivity index (χ0v) is 8.79. The maximum absolute atomic E-state index is 11.5. The summed E-state index contributed by atoms with van der Waals surface area (Å²) in [5.41, 5.74) is -0.824. The van der Waals surface area contributed by atoms with Crippen LogP contribution in [0.25, 0.3) is 0 Å². The van der Waals surface area contributed by atoms with Gasteiger partial charge in [-0.3, -0.25) is 14.3 Å². The highest BCUT2D eigenvalue weighted by Crippen LogP contribution is 2.12. The third-order valence-electron chi connectivity index (χ3n) is 2.45. The molecule has 0 amide bonds. The van der Waals surface area contributed by atoms with E-state index in [1.165, 1.54) is 6.07 Å². The van der Waals surface area contributed by atoms with Crippen molar-refractivity contribution in [3.63, 3.8) is 0 Å². The van der Waals surface area contributed by atoms with Crippen molar-refractivity contribution in [3.05, 3.63) is 32.1 Å². The first kappa shape index (κ1) is 10.4. The average molecular weight is 231 g/mol. The van der Waals surface area contributed by atoms with Crippen molar-refractivity contribution < 1.29 is 4.74 Å². The topological polar surface area (TPSA) is 64.1 Å². The third-order valence-corrected chi connectivity index (χ3v) is 2.66. The Labute approximate surface area is 90.6 Å². The van der Waals surface area contributed by atoms with Gasteiger partial charge in [-0.05, 0) is 6.42 Å². The summed E-state index contributed by atoms with van der Waals surface area (Å²) in [6, 6.07) is 1.21. The molecule has 1 unspecified atom stereocenters. The first-order chi connectivity index (χ1) is 7.16. The van der Waals surface area contributed by atoms with Crippen molar-refractivity contribution in [2.75, 3.05) is 13.2 Å². The molecule has 0 aromatic carbocycles. The van der Waals surface area contributed by atoms with Gasteiger partial charge >= 0.3 is 5.69 Å². The molecule has 1 aliphatic rings. The zero-order chi connectivity index (χ0) is 10.8. The number of H-pyrrole nitrogens is 1. The van der Waals surface area contributed by atoms with E-state index in [0.29, 0.717) is 19.8 Å². The molecule has 82 valence electrons. The number of ether oxygens (including phenoxy) is 1. The van der Waals surface area contributed by atoms with Crippen LogP contribution in [0.15, 0.2) is 15.7 Å². The third kappa shape index (κ3) is 2.30. The molecule has 1 saturated heterocycles. The molecule has 1 aromatic rings. The lowest BCUT2D eigenvalue weighted by Gasteiger charge is -2.08. The molecule has 0 bridgehead atoms. The molecule has 15 heavy (non-hydrogen) atoms. The van der Waals surface area contributed by atoms with Crippen molar-refractivity contribution in [2.24, 2.45) is 5.92 Å². The van der Waals surface area contributed by atoms with Gasteiger partial charge in [0.25, 0.3) is 5.56 Å². The average Bonchev–Trinajstić information content (AvgIpc) is 2.63. The summed E-state index contributed by atoms with van der Waals surface area (Å²) in [4.78, 5) is 25.3. The Morgan fingerprint density at radius 3 is 3.00 bits per heavy atom. The maximum Gasteiger partial charge on any atom is 0.329 e. The van der Waals surface area contributed by atoms with Gasteiger partial charge in [0, 0.05) is 25.1 Å². The highest BCUT2D eigenvalue weighted by atomic mass is 35.5. The summed E-state index contributed by atoms with van der Waals surface area (Å²) >= 11 is 5.55. The summed E-state index contributed by atoms with van der Waals surface area (Å²) in [5.74, 6) is 0.241. The fourth-order valence-corrected chi connectivity index (χ4v) is 1.82. The van der Waals surface area contributed by atoms with Crippen LogP contribution >= 0.6 is 11.6 Å². The highest BCUT2D eigenvalue weighted by Gasteiger charge is 2.17. The maximum atomic E-state index is 11.5. The minimum Gasteiger partial charge on any atom is -0.381 e. The number of nitrogens with one attached hydrogen (secondary N) is 1. The van der Waals surface area contributed by atoms with Crippen molar-refractivity contribution in [3.8, 4) is 0 Å². The second-order valence-corrected chi connectivity index (χ2v) is 4.01. The van der Waals surface area contributed by atoms with Gasteiger partial charge in [0.05, 0.1) is 6.61 Å². The molecule has 1 aromatic heterocycles. The van der Waals surface area contributed by atoms with E-state index in [4.69, 9.17) is 16.3 Å². The van der Waals surface area contributed by atoms with Crippen LogP contribution in [0.2, 0.25) is 5.15 Å². The first-order valence-corrected chi connectivity index (χ1v) is 5.12. The van der Waals surface area contributed by atoms with Gasteiger partial charge in [-0.25, -0.2) is 4.79 Å². The number of hydrogen-bond donors (Lipinski definition) is 1. The second-order valence-electron chi connectivity index (χ2n) is 3.60. The molecule has 1 fully saturated rings. The molecule has 5 nitrogen and oxygen atoms in total. The van der Waals surface area contributed by atoms with Crippen molar-refractivity contribution in [1.29, 1.82) is 0 Å². The lowest BCUT2D eigenvalue weighted by Crippen LogP contribution is -2.36. The number of nitrogens with zero attached hydrogens (tertiary/aromatic N) is 1. The molecular formula is C9H11ClN2O3. The van der Waals surface area contributed by atoms with Gasteiger partial charge < -0.3 is 4.74 Å². The molecular weight excluding hydrogens is 220 g/mol. The van der Waals surface area contributed by atoms with E-state index in [9.17, 15) is 9.59 Å². The van der Waals surface area contributed by atoms with Gasteiger partial charge in [-0.15, -0.1) is 0 Å². The Balaban J connectivity index is 2.28. The van der Waals surface area contributed by atoms with Gasteiger partial charge in [-0.2, -0.15) is 0 Å². The summed E-state index contributed by atoms with van der Waals surface area (Å²) in [7, 11) is 0. The Morgan fingerprint density at radius 1 is 1.60 bits per heavy atom. The molecule has 0 spiro atoms. The predicted octanol–water partition coefficient (Wildman–Crippen LogP) is 0.226. The van der Waals surface area contributed by atoms with Crippen molar-refractivity contribution in [2.45, 2.75) is 13.0 Å². The van der Waals surface area contributed by atoms with E-state index < -0.39 is 5.69 Å². The van der Waals surface area contributed by atoms with Crippen LogP contribution in [0.4, 0.5) is 0 Å². The van der Waals surface area contributed by atoms with Gasteiger partial charge in [0.2, 0.25) is 0 Å². The molecule has 0 aliphatic carbocycles. The van der Waals surface area contributed by atoms with Crippen LogP contribution in [0.5, 0.6) is 0 Å². The smallest absolute Gasteiger partial charge is 0.329 e. The SMILES string of the molecule is O=c1cc(Cl)[nH]c(=O)n1CC1CCOC1. The fourth-order valence-electron chi connectivity index (χ4n) is 1.65. The molecule has 2 heterocycles. The van der Waals surface area contributed by atoms with Crippen LogP contribution < -0.4 is 11.2 Å². The predicted molar refractivity (Wildman–Crippen MR) is 55.3 cm³/mol. The Bertz CT molecular complexity index is 428. The van der Waals surface area contributed by atoms with Gasteiger partial charge in [-0.1, -0.05) is 11.6 Å². The molecule has 0 saturated carbocycles. The van der Waals surface area contributed by atoms with Crippen LogP contribution in [0.3, 0.4) is 0 Å². The lowest BCUT2D eigenvalue weighted by atomic mass is 10.1. The van der Waals surface area contributed by atoms with Crippen LogP contribution in [0.1, 0.15) is 6.42 Å². The van der Waals surface area contributed by atoms with Gasteiger partial charge in [0.15, 0.2) is 0 Å². The molecule has 2 rings (SSSR count). The number of rotatable bonds is 2. The quantitative estimate of drug-likeness (QED) is 0.740. The first-order valence-electron chi connectivity index (χ1n) is 4.74. The van der Waals surface area contributed by atoms with Gasteiger partial charge in [0.1, 0.15) is 5.15 Å². The van der Waals surface area contributed by atoms with E-state index in [1.807, 2.05) is 0 Å². The minimum absolute atomic E-state index is 0.0731. The van der Waals surface area contributed by atoms with E-state index in [-0.39, 0.29) is 16.6 Å². The van der Waals surface area contributed by atoms with Crippen molar-refractivity contribution in [1.82, 2.24) is 9.55 Å². The minimum atomic E-state index is -0.459. The number of halogens is 1. The standard InChI is InChI=1S/C9H11ClN2O3/c10-7-3-8(13)12(9(14)11-7)4-6-1-2-15-5-6/h3,6H,1-2,4-5H2,(H,11,14). The monoisotopic (exact) mass is 230 g/mol.